The molecule has 0 N–H and O–H groups in total. The summed E-state index contributed by atoms with van der Waals surface area (Å²) in [4.78, 5) is 20.7. The Balaban J connectivity index is 1.25. The molecule has 1 fully saturated rings. The molecule has 2 aromatic carbocycles. The molecule has 1 saturated heterocycles. The van der Waals surface area contributed by atoms with Gasteiger partial charge in [-0.1, -0.05) is 35.9 Å². The molecule has 0 bridgehead atoms. The van der Waals surface area contributed by atoms with Crippen LogP contribution in [0.25, 0.3) is 0 Å². The van der Waals surface area contributed by atoms with Gasteiger partial charge < -0.3 is 14.5 Å². The molecule has 0 radical (unpaired) electrons. The summed E-state index contributed by atoms with van der Waals surface area (Å²) >= 11 is 6.21. The molecular weight excluding hydrogens is 414 g/mol. The van der Waals surface area contributed by atoms with Crippen LogP contribution < -0.4 is 9.64 Å². The van der Waals surface area contributed by atoms with Crippen LogP contribution in [0.15, 0.2) is 61.2 Å². The van der Waals surface area contributed by atoms with Gasteiger partial charge in [0, 0.05) is 61.5 Å². The molecule has 1 aliphatic heterocycles. The second-order valence-electron chi connectivity index (χ2n) is 7.51. The number of anilines is 1. The van der Waals surface area contributed by atoms with E-state index in [1.165, 1.54) is 6.33 Å². The molecule has 0 atom stereocenters. The summed E-state index contributed by atoms with van der Waals surface area (Å²) in [5.41, 5.74) is 2.07. The van der Waals surface area contributed by atoms with Crippen molar-refractivity contribution in [2.24, 2.45) is 0 Å². The maximum absolute atomic E-state index is 12.5. The van der Waals surface area contributed by atoms with Crippen molar-refractivity contribution >= 4 is 23.2 Å². The summed E-state index contributed by atoms with van der Waals surface area (Å²) in [6.45, 7) is 4.22. The van der Waals surface area contributed by atoms with Crippen molar-refractivity contribution in [3.05, 3.63) is 71.8 Å². The van der Waals surface area contributed by atoms with Gasteiger partial charge >= 0.3 is 0 Å². The van der Waals surface area contributed by atoms with E-state index in [-0.39, 0.29) is 5.91 Å². The summed E-state index contributed by atoms with van der Waals surface area (Å²) in [7, 11) is 0. The first-order chi connectivity index (χ1) is 15.2. The fourth-order valence-electron chi connectivity index (χ4n) is 3.66. The van der Waals surface area contributed by atoms with E-state index in [1.54, 1.807) is 11.0 Å². The fraction of sp³-hybridized carbons (Fsp3) is 0.348. The zero-order valence-corrected chi connectivity index (χ0v) is 18.1. The second-order valence-corrected chi connectivity index (χ2v) is 7.91. The number of hydrogen-bond acceptors (Lipinski definition) is 5. The lowest BCUT2D eigenvalue weighted by Gasteiger charge is -2.36. The number of piperazine rings is 1. The Morgan fingerprint density at radius 1 is 1.06 bits per heavy atom. The number of rotatable bonds is 8. The SMILES string of the molecule is O=C(CCCn1cncn1)N1CCN(c2cccc(OCc3ccccc3Cl)c2)CC1. The second kappa shape index (κ2) is 10.3. The Kier molecular flexibility index (Phi) is 7.04. The summed E-state index contributed by atoms with van der Waals surface area (Å²) in [6.07, 6.45) is 4.49. The lowest BCUT2D eigenvalue weighted by molar-refractivity contribution is -0.131. The molecule has 0 unspecified atom stereocenters. The van der Waals surface area contributed by atoms with Crippen molar-refractivity contribution in [3.8, 4) is 5.75 Å². The summed E-state index contributed by atoms with van der Waals surface area (Å²) in [6, 6.07) is 15.8. The van der Waals surface area contributed by atoms with Gasteiger partial charge in [0.05, 0.1) is 0 Å². The van der Waals surface area contributed by atoms with Gasteiger partial charge in [0.25, 0.3) is 0 Å². The molecule has 3 aromatic rings. The van der Waals surface area contributed by atoms with Crippen LogP contribution in [-0.2, 0) is 17.9 Å². The van der Waals surface area contributed by atoms with Crippen LogP contribution in [0.3, 0.4) is 0 Å². The molecule has 8 heteroatoms. The lowest BCUT2D eigenvalue weighted by atomic mass is 10.2. The normalized spacial score (nSPS) is 14.0. The molecule has 1 aliphatic rings. The number of ether oxygens (including phenoxy) is 1. The third-order valence-electron chi connectivity index (χ3n) is 5.41. The summed E-state index contributed by atoms with van der Waals surface area (Å²) in [5.74, 6) is 1.01. The zero-order valence-electron chi connectivity index (χ0n) is 17.4. The minimum Gasteiger partial charge on any atom is -0.489 e. The number of aryl methyl sites for hydroxylation is 1. The number of carbonyl (C=O) groups excluding carboxylic acids is 1. The van der Waals surface area contributed by atoms with Gasteiger partial charge in [0.2, 0.25) is 5.91 Å². The van der Waals surface area contributed by atoms with Crippen molar-refractivity contribution in [2.75, 3.05) is 31.1 Å². The number of carbonyl (C=O) groups is 1. The largest absolute Gasteiger partial charge is 0.489 e. The van der Waals surface area contributed by atoms with Crippen molar-refractivity contribution in [1.82, 2.24) is 19.7 Å². The Morgan fingerprint density at radius 2 is 1.90 bits per heavy atom. The Morgan fingerprint density at radius 3 is 2.68 bits per heavy atom. The first-order valence-corrected chi connectivity index (χ1v) is 10.9. The number of benzene rings is 2. The Bertz CT molecular complexity index is 987. The minimum absolute atomic E-state index is 0.205. The van der Waals surface area contributed by atoms with Gasteiger partial charge in [-0.2, -0.15) is 5.10 Å². The van der Waals surface area contributed by atoms with Crippen LogP contribution in [-0.4, -0.2) is 51.8 Å². The van der Waals surface area contributed by atoms with Crippen molar-refractivity contribution in [1.29, 1.82) is 0 Å². The van der Waals surface area contributed by atoms with Gasteiger partial charge in [0.1, 0.15) is 25.0 Å². The average molecular weight is 440 g/mol. The average Bonchev–Trinajstić information content (AvgIpc) is 3.32. The van der Waals surface area contributed by atoms with Crippen LogP contribution in [0.1, 0.15) is 18.4 Å². The minimum atomic E-state index is 0.205. The van der Waals surface area contributed by atoms with E-state index in [1.807, 2.05) is 47.4 Å². The van der Waals surface area contributed by atoms with Crippen LogP contribution in [0.2, 0.25) is 5.02 Å². The van der Waals surface area contributed by atoms with Crippen LogP contribution in [0.5, 0.6) is 5.75 Å². The molecule has 1 aromatic heterocycles. The number of nitrogens with zero attached hydrogens (tertiary/aromatic N) is 5. The number of halogens is 1. The highest BCUT2D eigenvalue weighted by atomic mass is 35.5. The zero-order chi connectivity index (χ0) is 21.5. The topological polar surface area (TPSA) is 63.5 Å². The van der Waals surface area contributed by atoms with Crippen molar-refractivity contribution in [3.63, 3.8) is 0 Å². The molecule has 4 rings (SSSR count). The number of aromatic nitrogens is 3. The highest BCUT2D eigenvalue weighted by molar-refractivity contribution is 6.31. The molecule has 7 nitrogen and oxygen atoms in total. The van der Waals surface area contributed by atoms with E-state index in [0.29, 0.717) is 24.6 Å². The van der Waals surface area contributed by atoms with Gasteiger partial charge in [-0.05, 0) is 24.6 Å². The first-order valence-electron chi connectivity index (χ1n) is 10.5. The van der Waals surface area contributed by atoms with E-state index >= 15 is 0 Å². The predicted molar refractivity (Wildman–Crippen MR) is 120 cm³/mol. The Labute approximate surface area is 187 Å². The molecule has 2 heterocycles. The maximum atomic E-state index is 12.5. The molecule has 0 aliphatic carbocycles. The lowest BCUT2D eigenvalue weighted by Crippen LogP contribution is -2.48. The van der Waals surface area contributed by atoms with Gasteiger partial charge in [-0.15, -0.1) is 0 Å². The van der Waals surface area contributed by atoms with Crippen LogP contribution >= 0.6 is 11.6 Å². The monoisotopic (exact) mass is 439 g/mol. The fourth-order valence-corrected chi connectivity index (χ4v) is 3.85. The third kappa shape index (κ3) is 5.76. The quantitative estimate of drug-likeness (QED) is 0.536. The molecule has 0 saturated carbocycles. The number of amides is 1. The van der Waals surface area contributed by atoms with Crippen LogP contribution in [0.4, 0.5) is 5.69 Å². The number of hydrogen-bond donors (Lipinski definition) is 0. The van der Waals surface area contributed by atoms with Gasteiger partial charge in [-0.3, -0.25) is 9.48 Å². The standard InChI is InChI=1S/C23H26ClN5O2/c24-22-8-2-1-5-19(22)16-31-21-7-3-6-20(15-21)27-11-13-28(14-12-27)23(30)9-4-10-29-18-25-17-26-29/h1-3,5-8,15,17-18H,4,9-14,16H2. The highest BCUT2D eigenvalue weighted by Gasteiger charge is 2.21. The molecule has 31 heavy (non-hydrogen) atoms. The highest BCUT2D eigenvalue weighted by Crippen LogP contribution is 2.24. The van der Waals surface area contributed by atoms with E-state index in [4.69, 9.17) is 16.3 Å². The Hall–Kier alpha value is -3.06. The molecule has 0 spiro atoms. The van der Waals surface area contributed by atoms with E-state index in [2.05, 4.69) is 21.0 Å². The van der Waals surface area contributed by atoms with E-state index in [0.717, 1.165) is 49.6 Å². The molecular formula is C23H26ClN5O2. The van der Waals surface area contributed by atoms with Gasteiger partial charge in [0.15, 0.2) is 0 Å². The maximum Gasteiger partial charge on any atom is 0.222 e. The van der Waals surface area contributed by atoms with Crippen molar-refractivity contribution < 1.29 is 9.53 Å². The molecule has 1 amide bonds. The van der Waals surface area contributed by atoms with E-state index in [9.17, 15) is 4.79 Å². The first kappa shape index (κ1) is 21.2. The summed E-state index contributed by atoms with van der Waals surface area (Å²) in [5, 5.41) is 4.78. The third-order valence-corrected chi connectivity index (χ3v) is 5.78. The summed E-state index contributed by atoms with van der Waals surface area (Å²) < 4.78 is 7.71. The van der Waals surface area contributed by atoms with E-state index < -0.39 is 0 Å². The van der Waals surface area contributed by atoms with Crippen LogP contribution in [0, 0.1) is 0 Å². The van der Waals surface area contributed by atoms with Crippen molar-refractivity contribution in [2.45, 2.75) is 26.0 Å². The smallest absolute Gasteiger partial charge is 0.222 e. The van der Waals surface area contributed by atoms with Gasteiger partial charge in [-0.25, -0.2) is 4.98 Å². The predicted octanol–water partition coefficient (Wildman–Crippen LogP) is 3.64. The molecule has 162 valence electrons.